The first kappa shape index (κ1) is 21.5. The van der Waals surface area contributed by atoms with Gasteiger partial charge in [-0.25, -0.2) is 0 Å². The molecule has 0 saturated heterocycles. The van der Waals surface area contributed by atoms with Crippen LogP contribution in [0, 0.1) is 6.92 Å². The Bertz CT molecular complexity index is 647. The monoisotopic (exact) mass is 382 g/mol. The highest BCUT2D eigenvalue weighted by Crippen LogP contribution is 2.19. The van der Waals surface area contributed by atoms with E-state index >= 15 is 0 Å². The molecule has 0 aliphatic carbocycles. The zero-order valence-electron chi connectivity index (χ0n) is 14.4. The number of aliphatic carboxylic acids is 2. The lowest BCUT2D eigenvalue weighted by molar-refractivity contribution is -0.138. The van der Waals surface area contributed by atoms with E-state index in [0.717, 1.165) is 10.5 Å². The van der Waals surface area contributed by atoms with E-state index in [1.54, 1.807) is 0 Å². The van der Waals surface area contributed by atoms with Crippen LogP contribution in [-0.2, 0) is 19.2 Å². The molecule has 2 amide bonds. The van der Waals surface area contributed by atoms with Crippen LogP contribution in [-0.4, -0.2) is 52.3 Å². The molecule has 26 heavy (non-hydrogen) atoms. The fourth-order valence-corrected chi connectivity index (χ4v) is 2.87. The Morgan fingerprint density at radius 1 is 1.04 bits per heavy atom. The predicted molar refractivity (Wildman–Crippen MR) is 96.0 cm³/mol. The maximum Gasteiger partial charge on any atom is 0.322 e. The van der Waals surface area contributed by atoms with Crippen LogP contribution in [0.15, 0.2) is 29.2 Å². The molecule has 1 atom stereocenters. The van der Waals surface area contributed by atoms with Crippen molar-refractivity contribution in [3.05, 3.63) is 29.8 Å². The van der Waals surface area contributed by atoms with Gasteiger partial charge in [0.15, 0.2) is 0 Å². The van der Waals surface area contributed by atoms with Crippen molar-refractivity contribution in [3.8, 4) is 0 Å². The molecule has 0 saturated carbocycles. The second-order valence-corrected chi connectivity index (χ2v) is 6.70. The zero-order chi connectivity index (χ0) is 19.5. The summed E-state index contributed by atoms with van der Waals surface area (Å²) in [6.07, 6.45) is 0.00135. The summed E-state index contributed by atoms with van der Waals surface area (Å²) >= 11 is 1.35. The van der Waals surface area contributed by atoms with Crippen molar-refractivity contribution < 1.29 is 29.4 Å². The van der Waals surface area contributed by atoms with E-state index in [0.29, 0.717) is 0 Å². The molecule has 0 aromatic heterocycles. The molecule has 1 aromatic rings. The van der Waals surface area contributed by atoms with Gasteiger partial charge in [0.1, 0.15) is 12.6 Å². The number of thioether (sulfide) groups is 1. The number of carbonyl (C=O) groups excluding carboxylic acids is 2. The maximum atomic E-state index is 12.1. The molecular weight excluding hydrogens is 360 g/mol. The summed E-state index contributed by atoms with van der Waals surface area (Å²) < 4.78 is 0. The Hall–Kier alpha value is -2.55. The second-order valence-electron chi connectivity index (χ2n) is 5.60. The van der Waals surface area contributed by atoms with Gasteiger partial charge in [0, 0.05) is 23.5 Å². The van der Waals surface area contributed by atoms with Crippen molar-refractivity contribution in [2.24, 2.45) is 0 Å². The Kier molecular flexibility index (Phi) is 9.21. The first-order valence-electron chi connectivity index (χ1n) is 7.98. The molecule has 0 fully saturated rings. The van der Waals surface area contributed by atoms with Crippen LogP contribution in [0.2, 0.25) is 0 Å². The van der Waals surface area contributed by atoms with Crippen LogP contribution in [0.5, 0.6) is 0 Å². The lowest BCUT2D eigenvalue weighted by Crippen LogP contribution is -2.49. The molecule has 0 heterocycles. The van der Waals surface area contributed by atoms with Gasteiger partial charge < -0.3 is 20.8 Å². The summed E-state index contributed by atoms with van der Waals surface area (Å²) in [5, 5.41) is 22.0. The van der Waals surface area contributed by atoms with E-state index in [4.69, 9.17) is 10.2 Å². The molecule has 4 N–H and O–H groups in total. The predicted octanol–water partition coefficient (Wildman–Crippen LogP) is 1.03. The van der Waals surface area contributed by atoms with Gasteiger partial charge in [0.25, 0.3) is 0 Å². The van der Waals surface area contributed by atoms with Crippen LogP contribution >= 0.6 is 11.8 Å². The van der Waals surface area contributed by atoms with Crippen molar-refractivity contribution in [2.75, 3.05) is 12.3 Å². The molecule has 0 bridgehead atoms. The van der Waals surface area contributed by atoms with Gasteiger partial charge in [-0.2, -0.15) is 0 Å². The third-order valence-electron chi connectivity index (χ3n) is 3.30. The lowest BCUT2D eigenvalue weighted by Gasteiger charge is -2.18. The van der Waals surface area contributed by atoms with E-state index in [1.165, 1.54) is 11.8 Å². The number of benzene rings is 1. The Labute approximate surface area is 155 Å². The summed E-state index contributed by atoms with van der Waals surface area (Å²) in [6, 6.07) is 6.71. The lowest BCUT2D eigenvalue weighted by atomic mass is 10.2. The number of carboxylic acid groups (broad SMARTS) is 2. The maximum absolute atomic E-state index is 12.1. The Morgan fingerprint density at radius 2 is 1.69 bits per heavy atom. The number of carboxylic acids is 2. The molecule has 1 unspecified atom stereocenters. The van der Waals surface area contributed by atoms with Gasteiger partial charge in [-0.3, -0.25) is 19.2 Å². The molecule has 9 heteroatoms. The number of nitrogens with one attached hydrogen (secondary N) is 2. The van der Waals surface area contributed by atoms with E-state index in [2.05, 4.69) is 10.6 Å². The topological polar surface area (TPSA) is 133 Å². The van der Waals surface area contributed by atoms with Gasteiger partial charge >= 0.3 is 11.9 Å². The molecule has 0 aliphatic heterocycles. The molecule has 142 valence electrons. The third-order valence-corrected chi connectivity index (χ3v) is 4.40. The van der Waals surface area contributed by atoms with Gasteiger partial charge in [-0.15, -0.1) is 11.8 Å². The van der Waals surface area contributed by atoms with Crippen LogP contribution in [0.4, 0.5) is 0 Å². The smallest absolute Gasteiger partial charge is 0.322 e. The van der Waals surface area contributed by atoms with Crippen molar-refractivity contribution >= 4 is 35.5 Å². The standard InChI is InChI=1S/C17H22N2O6S/c1-11-5-7-12(8-6-11)26-10-13(17(25)18-9-16(23)24)19-14(20)3-2-4-15(21)22/h5-8,13H,2-4,9-10H2,1H3,(H,18,25)(H,19,20)(H,21,22)(H,23,24). The number of hydrogen-bond donors (Lipinski definition) is 4. The quantitative estimate of drug-likeness (QED) is 0.420. The van der Waals surface area contributed by atoms with Gasteiger partial charge in [-0.1, -0.05) is 17.7 Å². The van der Waals surface area contributed by atoms with E-state index in [-0.39, 0.29) is 25.0 Å². The summed E-state index contributed by atoms with van der Waals surface area (Å²) in [7, 11) is 0. The number of rotatable bonds is 11. The molecule has 1 rings (SSSR count). The third kappa shape index (κ3) is 9.07. The normalized spacial score (nSPS) is 11.4. The van der Waals surface area contributed by atoms with Gasteiger partial charge in [-0.05, 0) is 25.5 Å². The summed E-state index contributed by atoms with van der Waals surface area (Å²) in [6.45, 7) is 1.41. The number of amides is 2. The van der Waals surface area contributed by atoms with Crippen LogP contribution in [0.3, 0.4) is 0 Å². The van der Waals surface area contributed by atoms with Crippen molar-refractivity contribution in [3.63, 3.8) is 0 Å². The zero-order valence-corrected chi connectivity index (χ0v) is 15.2. The van der Waals surface area contributed by atoms with Gasteiger partial charge in [0.05, 0.1) is 0 Å². The van der Waals surface area contributed by atoms with E-state index < -0.39 is 36.3 Å². The number of carbonyl (C=O) groups is 4. The summed E-state index contributed by atoms with van der Waals surface area (Å²) in [5.41, 5.74) is 1.09. The minimum absolute atomic E-state index is 0.0236. The molecule has 0 spiro atoms. The Morgan fingerprint density at radius 3 is 2.27 bits per heavy atom. The SMILES string of the molecule is Cc1ccc(SCC(NC(=O)CCCC(=O)O)C(=O)NCC(=O)O)cc1. The highest BCUT2D eigenvalue weighted by Gasteiger charge is 2.21. The van der Waals surface area contributed by atoms with Crippen molar-refractivity contribution in [1.82, 2.24) is 10.6 Å². The summed E-state index contributed by atoms with van der Waals surface area (Å²) in [4.78, 5) is 46.1. The largest absolute Gasteiger partial charge is 0.481 e. The van der Waals surface area contributed by atoms with Crippen LogP contribution in [0.1, 0.15) is 24.8 Å². The van der Waals surface area contributed by atoms with Gasteiger partial charge in [0.2, 0.25) is 11.8 Å². The highest BCUT2D eigenvalue weighted by molar-refractivity contribution is 7.99. The minimum atomic E-state index is -1.18. The van der Waals surface area contributed by atoms with Crippen LogP contribution < -0.4 is 10.6 Å². The van der Waals surface area contributed by atoms with E-state index in [1.807, 2.05) is 31.2 Å². The number of hydrogen-bond acceptors (Lipinski definition) is 5. The van der Waals surface area contributed by atoms with Crippen molar-refractivity contribution in [2.45, 2.75) is 37.1 Å². The first-order chi connectivity index (χ1) is 12.3. The fraction of sp³-hybridized carbons (Fsp3) is 0.412. The van der Waals surface area contributed by atoms with E-state index in [9.17, 15) is 19.2 Å². The molecule has 1 aromatic carbocycles. The number of aryl methyl sites for hydroxylation is 1. The minimum Gasteiger partial charge on any atom is -0.481 e. The highest BCUT2D eigenvalue weighted by atomic mass is 32.2. The molecule has 8 nitrogen and oxygen atoms in total. The summed E-state index contributed by atoms with van der Waals surface area (Å²) in [5.74, 6) is -3.01. The Balaban J connectivity index is 2.63. The second kappa shape index (κ2) is 11.1. The first-order valence-corrected chi connectivity index (χ1v) is 8.96. The molecule has 0 aliphatic rings. The average molecular weight is 382 g/mol. The average Bonchev–Trinajstić information content (AvgIpc) is 2.57. The molecule has 0 radical (unpaired) electrons. The fourth-order valence-electron chi connectivity index (χ4n) is 1.95. The van der Waals surface area contributed by atoms with Crippen molar-refractivity contribution in [1.29, 1.82) is 0 Å². The van der Waals surface area contributed by atoms with Crippen LogP contribution in [0.25, 0.3) is 0 Å². The molecular formula is C17H22N2O6S.